The molecule has 1 aliphatic heterocycles. The van der Waals surface area contributed by atoms with Crippen molar-refractivity contribution in [2.75, 3.05) is 45.7 Å². The molecule has 4 nitrogen and oxygen atoms in total. The molecule has 1 atom stereocenters. The highest BCUT2D eigenvalue weighted by atomic mass is 16.5. The van der Waals surface area contributed by atoms with Crippen LogP contribution in [-0.4, -0.2) is 51.3 Å². The lowest BCUT2D eigenvalue weighted by Gasteiger charge is -2.35. The molecule has 0 saturated carbocycles. The minimum absolute atomic E-state index is 0.0781. The second-order valence-corrected chi connectivity index (χ2v) is 5.67. The summed E-state index contributed by atoms with van der Waals surface area (Å²) in [6.45, 7) is 4.78. The van der Waals surface area contributed by atoms with E-state index in [0.29, 0.717) is 6.54 Å². The highest BCUT2D eigenvalue weighted by molar-refractivity contribution is 5.61. The molecule has 4 heteroatoms. The molecule has 19 heavy (non-hydrogen) atoms. The van der Waals surface area contributed by atoms with Crippen LogP contribution in [0.1, 0.15) is 12.0 Å². The van der Waals surface area contributed by atoms with Crippen LogP contribution in [0.15, 0.2) is 18.2 Å². The molecule has 0 amide bonds. The lowest BCUT2D eigenvalue weighted by atomic mass is 9.97. The van der Waals surface area contributed by atoms with Crippen LogP contribution in [0, 0.1) is 6.92 Å². The van der Waals surface area contributed by atoms with Crippen molar-refractivity contribution in [3.63, 3.8) is 0 Å². The van der Waals surface area contributed by atoms with E-state index in [-0.39, 0.29) is 5.54 Å². The number of aryl methyl sites for hydroxylation is 1. The molecule has 0 bridgehead atoms. The van der Waals surface area contributed by atoms with Crippen LogP contribution in [0.25, 0.3) is 0 Å². The summed E-state index contributed by atoms with van der Waals surface area (Å²) >= 11 is 0. The molecular weight excluding hydrogens is 238 g/mol. The standard InChI is InChI=1S/C15H25N3O/c1-12-5-6-14(19-4)13(9-12)18-8-7-15(10-16,11-18)17(2)3/h5-6,9H,7-8,10-11,16H2,1-4H3. The van der Waals surface area contributed by atoms with E-state index in [4.69, 9.17) is 10.5 Å². The zero-order valence-corrected chi connectivity index (χ0v) is 12.4. The van der Waals surface area contributed by atoms with Gasteiger partial charge in [0.1, 0.15) is 5.75 Å². The van der Waals surface area contributed by atoms with Crippen molar-refractivity contribution in [2.45, 2.75) is 18.9 Å². The van der Waals surface area contributed by atoms with Gasteiger partial charge in [-0.1, -0.05) is 6.07 Å². The second kappa shape index (κ2) is 5.39. The predicted octanol–water partition coefficient (Wildman–Crippen LogP) is 1.47. The Morgan fingerprint density at radius 3 is 2.68 bits per heavy atom. The first-order valence-corrected chi connectivity index (χ1v) is 6.79. The van der Waals surface area contributed by atoms with Gasteiger partial charge < -0.3 is 20.3 Å². The molecule has 1 aromatic carbocycles. The van der Waals surface area contributed by atoms with Gasteiger partial charge in [-0.25, -0.2) is 0 Å². The van der Waals surface area contributed by atoms with Gasteiger partial charge in [-0.15, -0.1) is 0 Å². The highest BCUT2D eigenvalue weighted by Gasteiger charge is 2.39. The van der Waals surface area contributed by atoms with Gasteiger partial charge in [-0.05, 0) is 45.1 Å². The third kappa shape index (κ3) is 2.55. The van der Waals surface area contributed by atoms with Gasteiger partial charge in [0, 0.05) is 19.6 Å². The van der Waals surface area contributed by atoms with E-state index >= 15 is 0 Å². The number of rotatable bonds is 4. The Morgan fingerprint density at radius 1 is 1.42 bits per heavy atom. The number of hydrogen-bond acceptors (Lipinski definition) is 4. The van der Waals surface area contributed by atoms with Gasteiger partial charge >= 0.3 is 0 Å². The summed E-state index contributed by atoms with van der Waals surface area (Å²) in [6, 6.07) is 6.32. The van der Waals surface area contributed by atoms with Crippen LogP contribution in [0.4, 0.5) is 5.69 Å². The number of hydrogen-bond donors (Lipinski definition) is 1. The Labute approximate surface area is 116 Å². The van der Waals surface area contributed by atoms with Crippen molar-refractivity contribution in [3.8, 4) is 5.75 Å². The van der Waals surface area contributed by atoms with E-state index in [1.54, 1.807) is 7.11 Å². The molecular formula is C15H25N3O. The van der Waals surface area contributed by atoms with Crippen LogP contribution in [0.3, 0.4) is 0 Å². The van der Waals surface area contributed by atoms with E-state index in [0.717, 1.165) is 25.3 Å². The van der Waals surface area contributed by atoms with Gasteiger partial charge in [-0.3, -0.25) is 0 Å². The summed E-state index contributed by atoms with van der Waals surface area (Å²) < 4.78 is 5.49. The molecule has 2 rings (SSSR count). The fourth-order valence-corrected chi connectivity index (χ4v) is 2.82. The molecule has 1 aromatic rings. The van der Waals surface area contributed by atoms with Gasteiger partial charge in [0.2, 0.25) is 0 Å². The quantitative estimate of drug-likeness (QED) is 0.893. The van der Waals surface area contributed by atoms with Crippen molar-refractivity contribution in [3.05, 3.63) is 23.8 Å². The van der Waals surface area contributed by atoms with Crippen LogP contribution >= 0.6 is 0 Å². The largest absolute Gasteiger partial charge is 0.495 e. The number of likely N-dealkylation sites (N-methyl/N-ethyl adjacent to an activating group) is 1. The summed E-state index contributed by atoms with van der Waals surface area (Å²) in [5.41, 5.74) is 8.52. The van der Waals surface area contributed by atoms with Crippen molar-refractivity contribution >= 4 is 5.69 Å². The van der Waals surface area contributed by atoms with E-state index < -0.39 is 0 Å². The lowest BCUT2D eigenvalue weighted by Crippen LogP contribution is -2.52. The van der Waals surface area contributed by atoms with Crippen LogP contribution in [-0.2, 0) is 0 Å². The van der Waals surface area contributed by atoms with Gasteiger partial charge in [0.05, 0.1) is 18.3 Å². The molecule has 1 unspecified atom stereocenters. The van der Waals surface area contributed by atoms with Crippen molar-refractivity contribution in [1.82, 2.24) is 4.90 Å². The Bertz CT molecular complexity index is 447. The summed E-state index contributed by atoms with van der Waals surface area (Å²) in [7, 11) is 5.96. The van der Waals surface area contributed by atoms with Crippen LogP contribution in [0.5, 0.6) is 5.75 Å². The molecule has 0 aromatic heterocycles. The van der Waals surface area contributed by atoms with Gasteiger partial charge in [0.15, 0.2) is 0 Å². The van der Waals surface area contributed by atoms with Crippen molar-refractivity contribution in [1.29, 1.82) is 0 Å². The molecule has 1 aliphatic rings. The highest BCUT2D eigenvalue weighted by Crippen LogP contribution is 2.35. The number of anilines is 1. The topological polar surface area (TPSA) is 41.7 Å². The maximum atomic E-state index is 6.01. The predicted molar refractivity (Wildman–Crippen MR) is 80.0 cm³/mol. The first-order chi connectivity index (χ1) is 9.02. The summed E-state index contributed by atoms with van der Waals surface area (Å²) in [5, 5.41) is 0. The average molecular weight is 263 g/mol. The normalized spacial score (nSPS) is 23.2. The van der Waals surface area contributed by atoms with Gasteiger partial charge in [-0.2, -0.15) is 0 Å². The van der Waals surface area contributed by atoms with Crippen molar-refractivity contribution in [2.24, 2.45) is 5.73 Å². The Morgan fingerprint density at radius 2 is 2.16 bits per heavy atom. The number of nitrogens with zero attached hydrogens (tertiary/aromatic N) is 2. The molecule has 0 radical (unpaired) electrons. The van der Waals surface area contributed by atoms with E-state index in [1.807, 2.05) is 6.07 Å². The molecule has 0 aliphatic carbocycles. The van der Waals surface area contributed by atoms with E-state index in [1.165, 1.54) is 11.3 Å². The first-order valence-electron chi connectivity index (χ1n) is 6.79. The first kappa shape index (κ1) is 14.2. The fraction of sp³-hybridized carbons (Fsp3) is 0.600. The van der Waals surface area contributed by atoms with Gasteiger partial charge in [0.25, 0.3) is 0 Å². The lowest BCUT2D eigenvalue weighted by molar-refractivity contribution is 0.184. The maximum absolute atomic E-state index is 6.01. The summed E-state index contributed by atoms with van der Waals surface area (Å²) in [6.07, 6.45) is 1.09. The van der Waals surface area contributed by atoms with E-state index in [9.17, 15) is 0 Å². The van der Waals surface area contributed by atoms with Crippen LogP contribution in [0.2, 0.25) is 0 Å². The van der Waals surface area contributed by atoms with Crippen molar-refractivity contribution < 1.29 is 4.74 Å². The number of ether oxygens (including phenoxy) is 1. The fourth-order valence-electron chi connectivity index (χ4n) is 2.82. The molecule has 1 heterocycles. The number of nitrogens with two attached hydrogens (primary N) is 1. The summed E-state index contributed by atoms with van der Waals surface area (Å²) in [5.74, 6) is 0.942. The second-order valence-electron chi connectivity index (χ2n) is 5.67. The number of benzene rings is 1. The molecule has 1 fully saturated rings. The minimum atomic E-state index is 0.0781. The van der Waals surface area contributed by atoms with Crippen LogP contribution < -0.4 is 15.4 Å². The zero-order valence-electron chi connectivity index (χ0n) is 12.4. The Balaban J connectivity index is 2.28. The molecule has 1 saturated heterocycles. The monoisotopic (exact) mass is 263 g/mol. The third-order valence-electron chi connectivity index (χ3n) is 4.34. The summed E-state index contributed by atoms with van der Waals surface area (Å²) in [4.78, 5) is 4.65. The number of methoxy groups -OCH3 is 1. The minimum Gasteiger partial charge on any atom is -0.495 e. The SMILES string of the molecule is COc1ccc(C)cc1N1CCC(CN)(N(C)C)C1. The Kier molecular flexibility index (Phi) is 4.02. The smallest absolute Gasteiger partial charge is 0.142 e. The maximum Gasteiger partial charge on any atom is 0.142 e. The average Bonchev–Trinajstić information content (AvgIpc) is 2.84. The Hall–Kier alpha value is -1.26. The molecule has 0 spiro atoms. The zero-order chi connectivity index (χ0) is 14.0. The third-order valence-corrected chi connectivity index (χ3v) is 4.34. The van der Waals surface area contributed by atoms with E-state index in [2.05, 4.69) is 43.0 Å². The molecule has 106 valence electrons. The molecule has 2 N–H and O–H groups in total.